The number of nitrogens with two attached hydrogens (primary N) is 2. The Hall–Kier alpha value is -1.20. The molecule has 4 N–H and O–H groups in total. The van der Waals surface area contributed by atoms with Gasteiger partial charge in [0.25, 0.3) is 0 Å². The number of rotatable bonds is 3. The van der Waals surface area contributed by atoms with E-state index in [4.69, 9.17) is 11.5 Å². The molecule has 1 aliphatic rings. The molecule has 0 aliphatic heterocycles. The molecular formula is C12H17N3OS. The van der Waals surface area contributed by atoms with Gasteiger partial charge in [0, 0.05) is 28.3 Å². The van der Waals surface area contributed by atoms with Crippen LogP contribution in [0.1, 0.15) is 24.1 Å². The van der Waals surface area contributed by atoms with Crippen LogP contribution in [0.3, 0.4) is 0 Å². The summed E-state index contributed by atoms with van der Waals surface area (Å²) >= 11 is 0. The maximum atomic E-state index is 11.2. The summed E-state index contributed by atoms with van der Waals surface area (Å²) in [6, 6.07) is 3.70. The van der Waals surface area contributed by atoms with E-state index in [-0.39, 0.29) is 0 Å². The second-order valence-corrected chi connectivity index (χ2v) is 6.01. The zero-order valence-electron chi connectivity index (χ0n) is 9.85. The summed E-state index contributed by atoms with van der Waals surface area (Å²) in [6.45, 7) is 0. The maximum absolute atomic E-state index is 11.2. The van der Waals surface area contributed by atoms with Crippen molar-refractivity contribution >= 4 is 22.7 Å². The van der Waals surface area contributed by atoms with Crippen LogP contribution in [-0.2, 0) is 16.3 Å². The number of nitrogens with zero attached hydrogens (tertiary/aromatic N) is 1. The predicted octanol–water partition coefficient (Wildman–Crippen LogP) is 1.00. The van der Waals surface area contributed by atoms with Crippen molar-refractivity contribution < 1.29 is 4.21 Å². The maximum Gasteiger partial charge on any atom is 0.124 e. The Morgan fingerprint density at radius 1 is 1.53 bits per heavy atom. The third-order valence-corrected chi connectivity index (χ3v) is 3.86. The van der Waals surface area contributed by atoms with Gasteiger partial charge in [-0.3, -0.25) is 4.21 Å². The Labute approximate surface area is 104 Å². The first-order valence-corrected chi connectivity index (χ1v) is 7.26. The number of hydrogen-bond acceptors (Lipinski definition) is 4. The second kappa shape index (κ2) is 4.58. The van der Waals surface area contributed by atoms with E-state index in [1.807, 2.05) is 18.2 Å². The number of fused-ring (bicyclic) bond motifs is 1. The van der Waals surface area contributed by atoms with Crippen molar-refractivity contribution in [3.05, 3.63) is 29.5 Å². The third-order valence-electron chi connectivity index (χ3n) is 3.08. The number of aromatic nitrogens is 1. The molecule has 2 rings (SSSR count). The van der Waals surface area contributed by atoms with E-state index >= 15 is 0 Å². The summed E-state index contributed by atoms with van der Waals surface area (Å²) in [5.41, 5.74) is 13.4. The third kappa shape index (κ3) is 2.56. The molecule has 2 atom stereocenters. The van der Waals surface area contributed by atoms with E-state index in [9.17, 15) is 4.21 Å². The molecule has 1 aromatic rings. The van der Waals surface area contributed by atoms with Gasteiger partial charge in [0.15, 0.2) is 0 Å². The fourth-order valence-electron chi connectivity index (χ4n) is 2.09. The molecule has 4 nitrogen and oxygen atoms in total. The molecule has 92 valence electrons. The van der Waals surface area contributed by atoms with Crippen LogP contribution in [0.5, 0.6) is 0 Å². The Kier molecular flexibility index (Phi) is 3.31. The molecule has 0 amide bonds. The Bertz CT molecular complexity index is 487. The highest BCUT2D eigenvalue weighted by Gasteiger charge is 2.31. The zero-order chi connectivity index (χ0) is 12.5. The minimum Gasteiger partial charge on any atom is -0.384 e. The molecule has 1 aromatic heterocycles. The summed E-state index contributed by atoms with van der Waals surface area (Å²) < 4.78 is 11.2. The first-order valence-electron chi connectivity index (χ1n) is 5.54. The van der Waals surface area contributed by atoms with Gasteiger partial charge in [-0.05, 0) is 30.5 Å². The number of pyridine rings is 1. The molecule has 1 aliphatic carbocycles. The highest BCUT2D eigenvalue weighted by Crippen LogP contribution is 2.33. The molecule has 0 saturated carbocycles. The fraction of sp³-hybridized carbons (Fsp3) is 0.417. The van der Waals surface area contributed by atoms with Crippen LogP contribution < -0.4 is 11.5 Å². The van der Waals surface area contributed by atoms with Gasteiger partial charge in [0.2, 0.25) is 0 Å². The molecular weight excluding hydrogens is 234 g/mol. The Morgan fingerprint density at radius 2 is 2.29 bits per heavy atom. The van der Waals surface area contributed by atoms with Crippen molar-refractivity contribution in [3.8, 4) is 0 Å². The monoisotopic (exact) mass is 251 g/mol. The lowest BCUT2D eigenvalue weighted by Crippen LogP contribution is -2.39. The summed E-state index contributed by atoms with van der Waals surface area (Å²) in [5, 5.41) is 0. The van der Waals surface area contributed by atoms with Crippen molar-refractivity contribution in [2.24, 2.45) is 5.73 Å². The van der Waals surface area contributed by atoms with Crippen molar-refractivity contribution in [3.63, 3.8) is 0 Å². The van der Waals surface area contributed by atoms with Crippen molar-refractivity contribution in [1.29, 1.82) is 0 Å². The van der Waals surface area contributed by atoms with Crippen LogP contribution in [0, 0.1) is 0 Å². The van der Waals surface area contributed by atoms with Gasteiger partial charge in [-0.25, -0.2) is 4.98 Å². The smallest absolute Gasteiger partial charge is 0.124 e. The SMILES string of the molecule is CS(=O)CCC1(N)CC=Cc2nc(N)ccc21. The zero-order valence-corrected chi connectivity index (χ0v) is 10.7. The highest BCUT2D eigenvalue weighted by atomic mass is 32.2. The van der Waals surface area contributed by atoms with E-state index in [1.54, 1.807) is 12.3 Å². The first-order chi connectivity index (χ1) is 8.01. The molecule has 0 saturated heterocycles. The minimum absolute atomic E-state index is 0.462. The van der Waals surface area contributed by atoms with Crippen LogP contribution in [0.2, 0.25) is 0 Å². The Balaban J connectivity index is 2.33. The lowest BCUT2D eigenvalue weighted by molar-refractivity contribution is 0.430. The average molecular weight is 251 g/mol. The molecule has 5 heteroatoms. The molecule has 17 heavy (non-hydrogen) atoms. The second-order valence-electron chi connectivity index (χ2n) is 4.46. The van der Waals surface area contributed by atoms with Crippen LogP contribution in [-0.4, -0.2) is 21.2 Å². The van der Waals surface area contributed by atoms with Gasteiger partial charge in [-0.2, -0.15) is 0 Å². The molecule has 0 radical (unpaired) electrons. The highest BCUT2D eigenvalue weighted by molar-refractivity contribution is 7.84. The molecule has 0 bridgehead atoms. The lowest BCUT2D eigenvalue weighted by Gasteiger charge is -2.32. The van der Waals surface area contributed by atoms with Gasteiger partial charge >= 0.3 is 0 Å². The van der Waals surface area contributed by atoms with Gasteiger partial charge in [-0.15, -0.1) is 0 Å². The van der Waals surface area contributed by atoms with Gasteiger partial charge < -0.3 is 11.5 Å². The van der Waals surface area contributed by atoms with Crippen molar-refractivity contribution in [1.82, 2.24) is 4.98 Å². The lowest BCUT2D eigenvalue weighted by atomic mass is 9.81. The Morgan fingerprint density at radius 3 is 3.00 bits per heavy atom. The standard InChI is InChI=1S/C12H17N3OS/c1-17(16)8-7-12(14)6-2-3-10-9(12)4-5-11(13)15-10/h2-5H,6-8,14H2,1H3,(H2,13,15). The van der Waals surface area contributed by atoms with Crippen LogP contribution >= 0.6 is 0 Å². The largest absolute Gasteiger partial charge is 0.384 e. The summed E-state index contributed by atoms with van der Waals surface area (Å²) in [5.74, 6) is 1.10. The van der Waals surface area contributed by atoms with E-state index in [1.165, 1.54) is 0 Å². The molecule has 2 unspecified atom stereocenters. The fourth-order valence-corrected chi connectivity index (χ4v) is 2.74. The summed E-state index contributed by atoms with van der Waals surface area (Å²) in [6.07, 6.45) is 7.10. The van der Waals surface area contributed by atoms with E-state index < -0.39 is 16.3 Å². The number of hydrogen-bond donors (Lipinski definition) is 2. The topological polar surface area (TPSA) is 82.0 Å². The first kappa shape index (κ1) is 12.3. The minimum atomic E-state index is -0.824. The molecule has 0 aromatic carbocycles. The van der Waals surface area contributed by atoms with Gasteiger partial charge in [0.1, 0.15) is 5.82 Å². The van der Waals surface area contributed by atoms with Crippen molar-refractivity contribution in [2.45, 2.75) is 18.4 Å². The van der Waals surface area contributed by atoms with Crippen molar-refractivity contribution in [2.75, 3.05) is 17.7 Å². The molecule has 0 spiro atoms. The quantitative estimate of drug-likeness (QED) is 0.839. The van der Waals surface area contributed by atoms with Gasteiger partial charge in [0.05, 0.1) is 5.69 Å². The van der Waals surface area contributed by atoms with Gasteiger partial charge in [-0.1, -0.05) is 12.1 Å². The summed E-state index contributed by atoms with van der Waals surface area (Å²) in [7, 11) is -0.824. The van der Waals surface area contributed by atoms with E-state index in [0.717, 1.165) is 17.7 Å². The van der Waals surface area contributed by atoms with E-state index in [0.29, 0.717) is 18.0 Å². The number of nitrogen functional groups attached to an aromatic ring is 1. The van der Waals surface area contributed by atoms with Crippen LogP contribution in [0.25, 0.3) is 6.08 Å². The predicted molar refractivity (Wildman–Crippen MR) is 71.7 cm³/mol. The average Bonchev–Trinajstić information content (AvgIpc) is 2.26. The molecule has 1 heterocycles. The number of anilines is 1. The molecule has 0 fully saturated rings. The summed E-state index contributed by atoms with van der Waals surface area (Å²) in [4.78, 5) is 4.27. The van der Waals surface area contributed by atoms with Crippen LogP contribution in [0.15, 0.2) is 18.2 Å². The van der Waals surface area contributed by atoms with Crippen LogP contribution in [0.4, 0.5) is 5.82 Å². The van der Waals surface area contributed by atoms with E-state index in [2.05, 4.69) is 4.98 Å². The normalized spacial score (nSPS) is 24.4.